The first kappa shape index (κ1) is 20.8. The summed E-state index contributed by atoms with van der Waals surface area (Å²) in [6.45, 7) is 6.41. The number of hydrogen-bond acceptors (Lipinski definition) is 6. The number of carbonyl (C=O) groups is 1. The van der Waals surface area contributed by atoms with Crippen molar-refractivity contribution >= 4 is 11.7 Å². The number of nitrogens with one attached hydrogen (secondary N) is 1. The second kappa shape index (κ2) is 9.59. The van der Waals surface area contributed by atoms with E-state index in [9.17, 15) is 4.79 Å². The standard InChI is InChI=1S/C23H28N6O2/c1-17-13-18(2)29(27-17)22-14-21(25-16-26-22)28-11-6-7-19(15-28)23(30)24-10-12-31-20-8-4-3-5-9-20/h3-5,8-9,13-14,16,19H,6-7,10-12,15H2,1-2H3,(H,24,30). The van der Waals surface area contributed by atoms with Crippen molar-refractivity contribution in [3.05, 3.63) is 60.2 Å². The Bertz CT molecular complexity index is 1020. The van der Waals surface area contributed by atoms with Gasteiger partial charge in [0.2, 0.25) is 5.91 Å². The molecule has 0 saturated carbocycles. The lowest BCUT2D eigenvalue weighted by Gasteiger charge is -2.32. The molecule has 0 bridgehead atoms. The summed E-state index contributed by atoms with van der Waals surface area (Å²) in [5.41, 5.74) is 1.97. The Hall–Kier alpha value is -3.42. The Morgan fingerprint density at radius 1 is 1.16 bits per heavy atom. The molecule has 0 aliphatic carbocycles. The van der Waals surface area contributed by atoms with Gasteiger partial charge in [0.1, 0.15) is 24.5 Å². The third kappa shape index (κ3) is 5.20. The van der Waals surface area contributed by atoms with Crippen LogP contribution in [-0.4, -0.2) is 51.9 Å². The van der Waals surface area contributed by atoms with Gasteiger partial charge < -0.3 is 15.0 Å². The predicted octanol–water partition coefficient (Wildman–Crippen LogP) is 2.69. The number of anilines is 1. The van der Waals surface area contributed by atoms with Crippen LogP contribution in [0.3, 0.4) is 0 Å². The summed E-state index contributed by atoms with van der Waals surface area (Å²) in [5, 5.41) is 7.51. The summed E-state index contributed by atoms with van der Waals surface area (Å²) in [5.74, 6) is 2.36. The molecule has 0 spiro atoms. The highest BCUT2D eigenvalue weighted by atomic mass is 16.5. The SMILES string of the molecule is Cc1cc(C)n(-c2cc(N3CCCC(C(=O)NCCOc4ccccc4)C3)ncn2)n1. The van der Waals surface area contributed by atoms with Gasteiger partial charge in [0, 0.05) is 24.8 Å². The molecule has 1 amide bonds. The normalized spacial score (nSPS) is 16.2. The number of rotatable bonds is 7. The fourth-order valence-electron chi connectivity index (χ4n) is 3.89. The molecule has 1 atom stereocenters. The molecule has 1 aliphatic heterocycles. The Labute approximate surface area is 182 Å². The number of para-hydroxylation sites is 1. The third-order valence-corrected chi connectivity index (χ3v) is 5.39. The zero-order valence-electron chi connectivity index (χ0n) is 18.0. The van der Waals surface area contributed by atoms with Crippen LogP contribution in [-0.2, 0) is 4.79 Å². The molecule has 8 nitrogen and oxygen atoms in total. The monoisotopic (exact) mass is 420 g/mol. The van der Waals surface area contributed by atoms with E-state index in [2.05, 4.69) is 25.3 Å². The molecule has 1 aliphatic rings. The fourth-order valence-corrected chi connectivity index (χ4v) is 3.89. The highest BCUT2D eigenvalue weighted by Crippen LogP contribution is 2.23. The summed E-state index contributed by atoms with van der Waals surface area (Å²) in [4.78, 5) is 23.7. The molecule has 0 radical (unpaired) electrons. The van der Waals surface area contributed by atoms with E-state index in [0.717, 1.165) is 48.2 Å². The second-order valence-corrected chi connectivity index (χ2v) is 7.81. The number of amides is 1. The lowest BCUT2D eigenvalue weighted by Crippen LogP contribution is -2.44. The van der Waals surface area contributed by atoms with Gasteiger partial charge in [-0.2, -0.15) is 5.10 Å². The average Bonchev–Trinajstić information content (AvgIpc) is 3.15. The van der Waals surface area contributed by atoms with Gasteiger partial charge >= 0.3 is 0 Å². The average molecular weight is 421 g/mol. The maximum atomic E-state index is 12.7. The first-order valence-corrected chi connectivity index (χ1v) is 10.7. The zero-order valence-corrected chi connectivity index (χ0v) is 18.0. The van der Waals surface area contributed by atoms with Crippen LogP contribution in [0, 0.1) is 19.8 Å². The number of hydrogen-bond donors (Lipinski definition) is 1. The second-order valence-electron chi connectivity index (χ2n) is 7.81. The summed E-state index contributed by atoms with van der Waals surface area (Å²) < 4.78 is 7.47. The smallest absolute Gasteiger partial charge is 0.225 e. The highest BCUT2D eigenvalue weighted by Gasteiger charge is 2.26. The van der Waals surface area contributed by atoms with Gasteiger partial charge in [-0.15, -0.1) is 0 Å². The zero-order chi connectivity index (χ0) is 21.6. The van der Waals surface area contributed by atoms with Crippen LogP contribution in [0.25, 0.3) is 5.82 Å². The summed E-state index contributed by atoms with van der Waals surface area (Å²) in [7, 11) is 0. The summed E-state index contributed by atoms with van der Waals surface area (Å²) in [6.07, 6.45) is 3.38. The molecule has 1 aromatic carbocycles. The van der Waals surface area contributed by atoms with Crippen molar-refractivity contribution in [2.75, 3.05) is 31.1 Å². The maximum absolute atomic E-state index is 12.7. The van der Waals surface area contributed by atoms with Crippen LogP contribution in [0.5, 0.6) is 5.75 Å². The minimum absolute atomic E-state index is 0.0641. The molecule has 1 saturated heterocycles. The van der Waals surface area contributed by atoms with E-state index in [0.29, 0.717) is 19.7 Å². The lowest BCUT2D eigenvalue weighted by atomic mass is 9.97. The van der Waals surface area contributed by atoms with E-state index in [1.165, 1.54) is 0 Å². The van der Waals surface area contributed by atoms with Crippen molar-refractivity contribution in [3.8, 4) is 11.6 Å². The molecule has 3 heterocycles. The van der Waals surface area contributed by atoms with Gasteiger partial charge in [-0.25, -0.2) is 14.6 Å². The van der Waals surface area contributed by atoms with Gasteiger partial charge in [-0.1, -0.05) is 18.2 Å². The predicted molar refractivity (Wildman–Crippen MR) is 119 cm³/mol. The Balaban J connectivity index is 1.33. The van der Waals surface area contributed by atoms with Crippen molar-refractivity contribution in [1.29, 1.82) is 0 Å². The first-order valence-electron chi connectivity index (χ1n) is 10.7. The summed E-state index contributed by atoms with van der Waals surface area (Å²) in [6, 6.07) is 13.6. The van der Waals surface area contributed by atoms with Gasteiger partial charge in [-0.05, 0) is 44.9 Å². The molecule has 3 aromatic rings. The van der Waals surface area contributed by atoms with Crippen molar-refractivity contribution in [2.45, 2.75) is 26.7 Å². The van der Waals surface area contributed by atoms with Crippen LogP contribution < -0.4 is 15.0 Å². The first-order chi connectivity index (χ1) is 15.1. The molecule has 1 N–H and O–H groups in total. The number of ether oxygens (including phenoxy) is 1. The van der Waals surface area contributed by atoms with Gasteiger partial charge in [0.15, 0.2) is 5.82 Å². The van der Waals surface area contributed by atoms with E-state index in [4.69, 9.17) is 4.74 Å². The minimum atomic E-state index is -0.0717. The molecule has 162 valence electrons. The number of nitrogens with zero attached hydrogens (tertiary/aromatic N) is 5. The van der Waals surface area contributed by atoms with E-state index < -0.39 is 0 Å². The van der Waals surface area contributed by atoms with Gasteiger partial charge in [0.05, 0.1) is 18.2 Å². The lowest BCUT2D eigenvalue weighted by molar-refractivity contribution is -0.125. The number of aryl methyl sites for hydroxylation is 2. The number of carbonyl (C=O) groups excluding carboxylic acids is 1. The van der Waals surface area contributed by atoms with E-state index >= 15 is 0 Å². The van der Waals surface area contributed by atoms with Crippen LogP contribution in [0.15, 0.2) is 48.8 Å². The van der Waals surface area contributed by atoms with E-state index in [1.807, 2.05) is 61.0 Å². The molecule has 4 rings (SSSR count). The van der Waals surface area contributed by atoms with Gasteiger partial charge in [0.25, 0.3) is 0 Å². The van der Waals surface area contributed by atoms with Crippen molar-refractivity contribution in [3.63, 3.8) is 0 Å². The minimum Gasteiger partial charge on any atom is -0.492 e. The quantitative estimate of drug-likeness (QED) is 0.592. The maximum Gasteiger partial charge on any atom is 0.225 e. The Morgan fingerprint density at radius 2 is 1.97 bits per heavy atom. The van der Waals surface area contributed by atoms with Crippen molar-refractivity contribution in [1.82, 2.24) is 25.1 Å². The molecular formula is C23H28N6O2. The molecule has 1 unspecified atom stereocenters. The fraction of sp³-hybridized carbons (Fsp3) is 0.391. The number of benzene rings is 1. The number of aromatic nitrogens is 4. The topological polar surface area (TPSA) is 85.2 Å². The molecule has 2 aromatic heterocycles. The van der Waals surface area contributed by atoms with Crippen LogP contribution >= 0.6 is 0 Å². The van der Waals surface area contributed by atoms with Crippen LogP contribution in [0.4, 0.5) is 5.82 Å². The largest absolute Gasteiger partial charge is 0.492 e. The summed E-state index contributed by atoms with van der Waals surface area (Å²) >= 11 is 0. The van der Waals surface area contributed by atoms with Crippen molar-refractivity contribution < 1.29 is 9.53 Å². The van der Waals surface area contributed by atoms with Crippen LogP contribution in [0.2, 0.25) is 0 Å². The van der Waals surface area contributed by atoms with Crippen LogP contribution in [0.1, 0.15) is 24.2 Å². The Kier molecular flexibility index (Phi) is 6.45. The highest BCUT2D eigenvalue weighted by molar-refractivity contribution is 5.79. The van der Waals surface area contributed by atoms with E-state index in [1.54, 1.807) is 6.33 Å². The third-order valence-electron chi connectivity index (χ3n) is 5.39. The van der Waals surface area contributed by atoms with Crippen molar-refractivity contribution in [2.24, 2.45) is 5.92 Å². The van der Waals surface area contributed by atoms with Gasteiger partial charge in [-0.3, -0.25) is 4.79 Å². The molecule has 8 heteroatoms. The van der Waals surface area contributed by atoms with E-state index in [-0.39, 0.29) is 11.8 Å². The number of piperidine rings is 1. The molecule has 1 fully saturated rings. The molecule has 31 heavy (non-hydrogen) atoms. The molecular weight excluding hydrogens is 392 g/mol. The Morgan fingerprint density at radius 3 is 2.74 bits per heavy atom.